The van der Waals surface area contributed by atoms with Crippen LogP contribution in [0.15, 0.2) is 24.3 Å². The van der Waals surface area contributed by atoms with E-state index in [0.29, 0.717) is 18.9 Å². The van der Waals surface area contributed by atoms with E-state index >= 15 is 0 Å². The van der Waals surface area contributed by atoms with Gasteiger partial charge in [-0.2, -0.15) is 0 Å². The molecule has 1 unspecified atom stereocenters. The van der Waals surface area contributed by atoms with Gasteiger partial charge in [-0.05, 0) is 30.4 Å². The summed E-state index contributed by atoms with van der Waals surface area (Å²) in [5.41, 5.74) is 2.44. The van der Waals surface area contributed by atoms with Crippen molar-refractivity contribution >= 4 is 5.97 Å². The Labute approximate surface area is 121 Å². The number of aliphatic carboxylic acids is 1. The molecule has 0 spiro atoms. The first-order valence-electron chi connectivity index (χ1n) is 6.97. The summed E-state index contributed by atoms with van der Waals surface area (Å²) in [6, 6.07) is 7.56. The lowest BCUT2D eigenvalue weighted by Crippen LogP contribution is -2.36. The molecule has 0 radical (unpaired) electrons. The van der Waals surface area contributed by atoms with Crippen LogP contribution in [-0.4, -0.2) is 17.1 Å². The Balaban J connectivity index is 2.71. The average molecular weight is 273 g/mol. The third-order valence-corrected chi connectivity index (χ3v) is 3.07. The van der Waals surface area contributed by atoms with E-state index in [1.54, 1.807) is 6.92 Å². The van der Waals surface area contributed by atoms with Crippen molar-refractivity contribution in [1.82, 2.24) is 5.32 Å². The highest BCUT2D eigenvalue weighted by Crippen LogP contribution is 2.14. The third kappa shape index (κ3) is 5.46. The minimum atomic E-state index is -0.853. The topological polar surface area (TPSA) is 49.3 Å². The molecular formula is C17H23NO2. The monoisotopic (exact) mass is 273 g/mol. The van der Waals surface area contributed by atoms with Crippen LogP contribution in [0.5, 0.6) is 0 Å². The molecule has 2 N–H and O–H groups in total. The van der Waals surface area contributed by atoms with E-state index in [4.69, 9.17) is 5.11 Å². The van der Waals surface area contributed by atoms with Crippen LogP contribution in [0.2, 0.25) is 0 Å². The normalized spacial score (nSPS) is 11.8. The number of benzene rings is 1. The Hall–Kier alpha value is -1.79. The van der Waals surface area contributed by atoms with Crippen molar-refractivity contribution < 1.29 is 9.90 Å². The van der Waals surface area contributed by atoms with E-state index in [-0.39, 0.29) is 0 Å². The Bertz CT molecular complexity index is 497. The number of nitrogens with one attached hydrogen (secondary N) is 1. The van der Waals surface area contributed by atoms with Gasteiger partial charge in [-0.15, -0.1) is 11.8 Å². The second-order valence-electron chi connectivity index (χ2n) is 5.27. The first kappa shape index (κ1) is 16.3. The van der Waals surface area contributed by atoms with Crippen molar-refractivity contribution in [3.63, 3.8) is 0 Å². The minimum Gasteiger partial charge on any atom is -0.480 e. The predicted octanol–water partition coefficient (Wildman–Crippen LogP) is 2.84. The number of rotatable bonds is 7. The number of hydrogen-bond acceptors (Lipinski definition) is 2. The summed E-state index contributed by atoms with van der Waals surface area (Å²) in [6.07, 6.45) is 1.34. The molecule has 20 heavy (non-hydrogen) atoms. The van der Waals surface area contributed by atoms with Gasteiger partial charge in [0.05, 0.1) is 0 Å². The molecule has 1 rings (SSSR count). The Morgan fingerprint density at radius 1 is 1.30 bits per heavy atom. The fraction of sp³-hybridized carbons (Fsp3) is 0.471. The highest BCUT2D eigenvalue weighted by molar-refractivity contribution is 5.73. The van der Waals surface area contributed by atoms with Crippen LogP contribution in [0, 0.1) is 17.8 Å². The van der Waals surface area contributed by atoms with Gasteiger partial charge in [0.15, 0.2) is 0 Å². The first-order valence-corrected chi connectivity index (χ1v) is 6.97. The standard InChI is InChI=1S/C17H23NO2/c1-4-5-10-16(17(19)20)18-12-15-9-7-6-8-14(15)11-13(2)3/h6-9,13,16,18H,10-12H2,1-3H3,(H,19,20). The molecule has 0 aromatic heterocycles. The van der Waals surface area contributed by atoms with Gasteiger partial charge in [-0.3, -0.25) is 10.1 Å². The van der Waals surface area contributed by atoms with E-state index in [2.05, 4.69) is 43.1 Å². The summed E-state index contributed by atoms with van der Waals surface area (Å²) < 4.78 is 0. The molecule has 108 valence electrons. The molecule has 3 heteroatoms. The van der Waals surface area contributed by atoms with Gasteiger partial charge in [0.25, 0.3) is 0 Å². The fourth-order valence-corrected chi connectivity index (χ4v) is 2.05. The molecule has 0 aliphatic rings. The van der Waals surface area contributed by atoms with Crippen molar-refractivity contribution in [3.8, 4) is 11.8 Å². The Morgan fingerprint density at radius 3 is 2.50 bits per heavy atom. The van der Waals surface area contributed by atoms with Gasteiger partial charge < -0.3 is 5.11 Å². The van der Waals surface area contributed by atoms with Gasteiger partial charge in [-0.25, -0.2) is 0 Å². The molecule has 0 saturated carbocycles. The molecule has 3 nitrogen and oxygen atoms in total. The maximum atomic E-state index is 11.2. The van der Waals surface area contributed by atoms with Crippen LogP contribution < -0.4 is 5.32 Å². The molecule has 1 aromatic rings. The van der Waals surface area contributed by atoms with E-state index in [9.17, 15) is 4.79 Å². The van der Waals surface area contributed by atoms with Crippen LogP contribution in [0.1, 0.15) is 38.3 Å². The van der Waals surface area contributed by atoms with Crippen molar-refractivity contribution in [2.75, 3.05) is 0 Å². The van der Waals surface area contributed by atoms with Crippen molar-refractivity contribution in [2.45, 2.75) is 46.2 Å². The van der Waals surface area contributed by atoms with Gasteiger partial charge in [0.2, 0.25) is 0 Å². The predicted molar refractivity (Wildman–Crippen MR) is 81.3 cm³/mol. The molecule has 0 amide bonds. The summed E-state index contributed by atoms with van der Waals surface area (Å²) in [7, 11) is 0. The smallest absolute Gasteiger partial charge is 0.321 e. The quantitative estimate of drug-likeness (QED) is 0.751. The SMILES string of the molecule is CC#CCC(NCc1ccccc1CC(C)C)C(=O)O. The van der Waals surface area contributed by atoms with Gasteiger partial charge >= 0.3 is 5.97 Å². The summed E-state index contributed by atoms with van der Waals surface area (Å²) >= 11 is 0. The third-order valence-electron chi connectivity index (χ3n) is 3.07. The molecule has 0 saturated heterocycles. The second-order valence-corrected chi connectivity index (χ2v) is 5.27. The van der Waals surface area contributed by atoms with E-state index in [0.717, 1.165) is 12.0 Å². The molecule has 0 bridgehead atoms. The van der Waals surface area contributed by atoms with E-state index in [1.165, 1.54) is 5.56 Å². The van der Waals surface area contributed by atoms with Crippen LogP contribution in [-0.2, 0) is 17.8 Å². The Kier molecular flexibility index (Phi) is 6.83. The summed E-state index contributed by atoms with van der Waals surface area (Å²) in [5.74, 6) is 5.28. The molecule has 1 aromatic carbocycles. The maximum absolute atomic E-state index is 11.2. The fourth-order valence-electron chi connectivity index (χ4n) is 2.05. The molecule has 0 fully saturated rings. The van der Waals surface area contributed by atoms with Crippen molar-refractivity contribution in [1.29, 1.82) is 0 Å². The van der Waals surface area contributed by atoms with Gasteiger partial charge in [0.1, 0.15) is 6.04 Å². The number of carbonyl (C=O) groups is 1. The summed E-state index contributed by atoms with van der Waals surface area (Å²) in [6.45, 7) is 6.64. The molecular weight excluding hydrogens is 250 g/mol. The highest BCUT2D eigenvalue weighted by atomic mass is 16.4. The number of hydrogen-bond donors (Lipinski definition) is 2. The van der Waals surface area contributed by atoms with Crippen LogP contribution in [0.25, 0.3) is 0 Å². The van der Waals surface area contributed by atoms with Gasteiger partial charge in [0, 0.05) is 13.0 Å². The highest BCUT2D eigenvalue weighted by Gasteiger charge is 2.15. The van der Waals surface area contributed by atoms with E-state index < -0.39 is 12.0 Å². The van der Waals surface area contributed by atoms with Crippen LogP contribution >= 0.6 is 0 Å². The van der Waals surface area contributed by atoms with Crippen LogP contribution in [0.3, 0.4) is 0 Å². The zero-order valence-electron chi connectivity index (χ0n) is 12.4. The van der Waals surface area contributed by atoms with Gasteiger partial charge in [-0.1, -0.05) is 38.1 Å². The molecule has 0 heterocycles. The second kappa shape index (κ2) is 8.39. The molecule has 1 atom stereocenters. The number of carboxylic acid groups (broad SMARTS) is 1. The molecule has 0 aliphatic carbocycles. The molecule has 0 aliphatic heterocycles. The Morgan fingerprint density at radius 2 is 1.95 bits per heavy atom. The zero-order chi connectivity index (χ0) is 15.0. The van der Waals surface area contributed by atoms with Crippen molar-refractivity contribution in [3.05, 3.63) is 35.4 Å². The lowest BCUT2D eigenvalue weighted by molar-refractivity contribution is -0.139. The maximum Gasteiger partial charge on any atom is 0.321 e. The average Bonchev–Trinajstić information content (AvgIpc) is 2.39. The summed E-state index contributed by atoms with van der Waals surface area (Å²) in [4.78, 5) is 11.2. The van der Waals surface area contributed by atoms with Crippen LogP contribution in [0.4, 0.5) is 0 Å². The van der Waals surface area contributed by atoms with Crippen molar-refractivity contribution in [2.24, 2.45) is 5.92 Å². The zero-order valence-corrected chi connectivity index (χ0v) is 12.4. The van der Waals surface area contributed by atoms with E-state index in [1.807, 2.05) is 12.1 Å². The lowest BCUT2D eigenvalue weighted by atomic mass is 9.98. The lowest BCUT2D eigenvalue weighted by Gasteiger charge is -2.15. The number of carboxylic acids is 1. The largest absolute Gasteiger partial charge is 0.480 e. The summed E-state index contributed by atoms with van der Waals surface area (Å²) in [5, 5.41) is 12.2. The first-order chi connectivity index (χ1) is 9.54. The minimum absolute atomic E-state index is 0.332.